The van der Waals surface area contributed by atoms with E-state index in [1.807, 2.05) is 6.92 Å². The number of hydrogen-bond acceptors (Lipinski definition) is 7. The van der Waals surface area contributed by atoms with Crippen molar-refractivity contribution in [2.45, 2.75) is 45.2 Å². The average molecular weight is 625 g/mol. The highest BCUT2D eigenvalue weighted by molar-refractivity contribution is 7.18. The minimum atomic E-state index is -4.66. The van der Waals surface area contributed by atoms with E-state index in [0.29, 0.717) is 43.2 Å². The van der Waals surface area contributed by atoms with Gasteiger partial charge in [-0.3, -0.25) is 19.4 Å². The van der Waals surface area contributed by atoms with Crippen molar-refractivity contribution in [1.29, 1.82) is 0 Å². The Labute approximate surface area is 251 Å². The molecule has 1 aromatic heterocycles. The molecule has 4 rings (SSSR count). The third-order valence-corrected chi connectivity index (χ3v) is 8.30. The minimum absolute atomic E-state index is 0.0625. The van der Waals surface area contributed by atoms with Gasteiger partial charge in [0.1, 0.15) is 17.4 Å². The Bertz CT molecular complexity index is 1380. The fraction of sp³-hybridized carbons (Fsp3) is 0.448. The van der Waals surface area contributed by atoms with Gasteiger partial charge in [0.15, 0.2) is 0 Å². The van der Waals surface area contributed by atoms with Crippen molar-refractivity contribution in [2.24, 2.45) is 5.92 Å². The molecule has 1 aliphatic heterocycles. The highest BCUT2D eigenvalue weighted by Gasteiger charge is 2.35. The second kappa shape index (κ2) is 14.3. The van der Waals surface area contributed by atoms with Crippen molar-refractivity contribution in [3.63, 3.8) is 0 Å². The molecule has 1 amide bonds. The summed E-state index contributed by atoms with van der Waals surface area (Å²) in [5.41, 5.74) is -0.333. The molecule has 2 heterocycles. The molecule has 0 radical (unpaired) electrons. The molecule has 0 atom stereocenters. The molecule has 0 spiro atoms. The molecule has 42 heavy (non-hydrogen) atoms. The summed E-state index contributed by atoms with van der Waals surface area (Å²) < 4.78 is 47.7. The summed E-state index contributed by atoms with van der Waals surface area (Å²) in [5.74, 6) is -1.29. The molecule has 0 aliphatic carbocycles. The van der Waals surface area contributed by atoms with Gasteiger partial charge < -0.3 is 9.84 Å². The third kappa shape index (κ3) is 8.42. The predicted octanol–water partition coefficient (Wildman–Crippen LogP) is 6.89. The van der Waals surface area contributed by atoms with Gasteiger partial charge in [-0.1, -0.05) is 42.3 Å². The van der Waals surface area contributed by atoms with Crippen molar-refractivity contribution in [2.75, 3.05) is 37.7 Å². The monoisotopic (exact) mass is 624 g/mol. The first-order valence-corrected chi connectivity index (χ1v) is 14.9. The van der Waals surface area contributed by atoms with Crippen LogP contribution in [0.15, 0.2) is 42.5 Å². The lowest BCUT2D eigenvalue weighted by molar-refractivity contribution is -0.139. The summed E-state index contributed by atoms with van der Waals surface area (Å²) in [4.78, 5) is 27.7. The lowest BCUT2D eigenvalue weighted by atomic mass is 9.94. The summed E-state index contributed by atoms with van der Waals surface area (Å²) in [6, 6.07) is 10.3. The van der Waals surface area contributed by atoms with Gasteiger partial charge in [0.25, 0.3) is 5.91 Å². The second-order valence-corrected chi connectivity index (χ2v) is 11.5. The van der Waals surface area contributed by atoms with Crippen molar-refractivity contribution in [1.82, 2.24) is 15.1 Å². The number of carboxylic acids is 1. The van der Waals surface area contributed by atoms with E-state index in [-0.39, 0.29) is 46.3 Å². The first kappa shape index (κ1) is 31.7. The number of anilines is 1. The number of likely N-dealkylation sites (tertiary alicyclic amines) is 1. The molecule has 0 unspecified atom stereocenters. The van der Waals surface area contributed by atoms with E-state index >= 15 is 0 Å². The maximum atomic E-state index is 14.0. The molecule has 1 aliphatic rings. The van der Waals surface area contributed by atoms with Gasteiger partial charge in [-0.25, -0.2) is 0 Å². The molecule has 3 aromatic rings. The number of amides is 1. The molecule has 226 valence electrons. The van der Waals surface area contributed by atoms with E-state index in [4.69, 9.17) is 21.4 Å². The summed E-state index contributed by atoms with van der Waals surface area (Å²) >= 11 is 7.10. The fourth-order valence-electron chi connectivity index (χ4n) is 4.78. The Hall–Kier alpha value is -3.22. The van der Waals surface area contributed by atoms with Crippen LogP contribution >= 0.6 is 22.9 Å². The van der Waals surface area contributed by atoms with Crippen molar-refractivity contribution < 1.29 is 32.6 Å². The minimum Gasteiger partial charge on any atom is -0.492 e. The zero-order valence-corrected chi connectivity index (χ0v) is 24.6. The molecular formula is C29H32ClF3N4O4S. The number of hydrogen-bond donors (Lipinski definition) is 1. The van der Waals surface area contributed by atoms with E-state index in [0.717, 1.165) is 36.7 Å². The van der Waals surface area contributed by atoms with Crippen LogP contribution in [0.4, 0.5) is 18.3 Å². The average Bonchev–Trinajstić information content (AvgIpc) is 3.43. The third-order valence-electron chi connectivity index (χ3n) is 7.06. The van der Waals surface area contributed by atoms with Crippen LogP contribution in [0.5, 0.6) is 5.75 Å². The maximum absolute atomic E-state index is 14.0. The molecule has 8 nitrogen and oxygen atoms in total. The number of alkyl halides is 3. The predicted molar refractivity (Wildman–Crippen MR) is 155 cm³/mol. The van der Waals surface area contributed by atoms with Crippen molar-refractivity contribution in [3.05, 3.63) is 58.6 Å². The summed E-state index contributed by atoms with van der Waals surface area (Å²) in [6.45, 7) is 4.22. The molecule has 1 saturated heterocycles. The number of ether oxygens (including phenoxy) is 1. The smallest absolute Gasteiger partial charge is 0.419 e. The SMILES string of the molecule is CCCCN(C(=O)c1cccc(Cl)c1)c1nnc(-c2ccc(OCCN3CCC(CC(=O)O)CC3)c(C(F)(F)F)c2)s1. The number of halogens is 4. The molecule has 1 fully saturated rings. The highest BCUT2D eigenvalue weighted by atomic mass is 35.5. The number of carbonyl (C=O) groups excluding carboxylic acids is 1. The van der Waals surface area contributed by atoms with Crippen LogP contribution in [0.3, 0.4) is 0 Å². The number of benzene rings is 2. The number of aromatic nitrogens is 2. The number of piperidine rings is 1. The van der Waals surface area contributed by atoms with E-state index in [2.05, 4.69) is 15.1 Å². The Morgan fingerprint density at radius 3 is 2.60 bits per heavy atom. The van der Waals surface area contributed by atoms with Gasteiger partial charge in [-0.2, -0.15) is 13.2 Å². The van der Waals surface area contributed by atoms with Crippen LogP contribution in [0.1, 0.15) is 54.9 Å². The van der Waals surface area contributed by atoms with Crippen LogP contribution in [-0.4, -0.2) is 64.9 Å². The van der Waals surface area contributed by atoms with Gasteiger partial charge in [0.2, 0.25) is 5.13 Å². The number of carboxylic acid groups (broad SMARTS) is 1. The van der Waals surface area contributed by atoms with Crippen molar-refractivity contribution in [3.8, 4) is 16.3 Å². The van der Waals surface area contributed by atoms with Crippen LogP contribution < -0.4 is 9.64 Å². The van der Waals surface area contributed by atoms with Gasteiger partial charge in [0.05, 0.1) is 5.56 Å². The van der Waals surface area contributed by atoms with Crippen LogP contribution in [0.25, 0.3) is 10.6 Å². The Morgan fingerprint density at radius 2 is 1.93 bits per heavy atom. The van der Waals surface area contributed by atoms with Crippen LogP contribution in [0, 0.1) is 5.92 Å². The molecule has 13 heteroatoms. The van der Waals surface area contributed by atoms with E-state index in [1.54, 1.807) is 24.3 Å². The molecule has 0 bridgehead atoms. The Balaban J connectivity index is 1.47. The van der Waals surface area contributed by atoms with Gasteiger partial charge in [-0.05, 0) is 74.7 Å². The lowest BCUT2D eigenvalue weighted by Crippen LogP contribution is -2.37. The fourth-order valence-corrected chi connectivity index (χ4v) is 5.83. The lowest BCUT2D eigenvalue weighted by Gasteiger charge is -2.31. The molecule has 1 N–H and O–H groups in total. The van der Waals surface area contributed by atoms with Crippen molar-refractivity contribution >= 4 is 39.9 Å². The summed E-state index contributed by atoms with van der Waals surface area (Å²) in [5, 5.41) is 18.1. The molecule has 2 aromatic carbocycles. The first-order chi connectivity index (χ1) is 20.0. The quantitative estimate of drug-likeness (QED) is 0.234. The summed E-state index contributed by atoms with van der Waals surface area (Å²) in [6.07, 6.45) is -1.53. The zero-order valence-electron chi connectivity index (χ0n) is 23.1. The standard InChI is InChI=1S/C29H32ClF3N4O4S/c1-2-3-11-37(27(40)21-5-4-6-22(30)17-21)28-35-34-26(42-28)20-7-8-24(23(18-20)29(31,32)33)41-15-14-36-12-9-19(10-13-36)16-25(38)39/h4-8,17-19H,2-3,9-16H2,1H3,(H,38,39). The van der Waals surface area contributed by atoms with Crippen LogP contribution in [0.2, 0.25) is 5.02 Å². The molecular weight excluding hydrogens is 593 g/mol. The largest absolute Gasteiger partial charge is 0.492 e. The first-order valence-electron chi connectivity index (χ1n) is 13.7. The number of nitrogens with zero attached hydrogens (tertiary/aromatic N) is 4. The van der Waals surface area contributed by atoms with E-state index < -0.39 is 17.7 Å². The number of rotatable bonds is 12. The zero-order chi connectivity index (χ0) is 30.3. The van der Waals surface area contributed by atoms with Crippen LogP contribution in [-0.2, 0) is 11.0 Å². The second-order valence-electron chi connectivity index (χ2n) is 10.2. The maximum Gasteiger partial charge on any atom is 0.419 e. The Kier molecular flexibility index (Phi) is 10.8. The number of unbranched alkanes of at least 4 members (excludes halogenated alkanes) is 1. The Morgan fingerprint density at radius 1 is 1.17 bits per heavy atom. The number of carbonyl (C=O) groups is 2. The van der Waals surface area contributed by atoms with Gasteiger partial charge in [-0.15, -0.1) is 10.2 Å². The molecule has 0 saturated carbocycles. The topological polar surface area (TPSA) is 95.9 Å². The van der Waals surface area contributed by atoms with E-state index in [9.17, 15) is 22.8 Å². The highest BCUT2D eigenvalue weighted by Crippen LogP contribution is 2.40. The van der Waals surface area contributed by atoms with E-state index in [1.165, 1.54) is 17.0 Å². The van der Waals surface area contributed by atoms with Gasteiger partial charge in [0, 0.05) is 35.7 Å². The normalized spacial score (nSPS) is 14.6. The summed E-state index contributed by atoms with van der Waals surface area (Å²) in [7, 11) is 0. The number of aliphatic carboxylic acids is 1. The van der Waals surface area contributed by atoms with Gasteiger partial charge >= 0.3 is 12.1 Å².